The molecule has 5 heteroatoms. The summed E-state index contributed by atoms with van der Waals surface area (Å²) in [6.45, 7) is 8.29. The van der Waals surface area contributed by atoms with Crippen molar-refractivity contribution in [1.82, 2.24) is 14.7 Å². The molecule has 0 aliphatic carbocycles. The van der Waals surface area contributed by atoms with Crippen molar-refractivity contribution in [2.45, 2.75) is 26.1 Å². The summed E-state index contributed by atoms with van der Waals surface area (Å²) in [4.78, 5) is 7.43. The molecule has 0 radical (unpaired) electrons. The number of phenols is 2. The van der Waals surface area contributed by atoms with Crippen LogP contribution in [0.3, 0.4) is 0 Å². The Kier molecular flexibility index (Phi) is 8.36. The van der Waals surface area contributed by atoms with Crippen LogP contribution in [0, 0.1) is 0 Å². The van der Waals surface area contributed by atoms with E-state index in [4.69, 9.17) is 0 Å². The van der Waals surface area contributed by atoms with Gasteiger partial charge >= 0.3 is 0 Å². The van der Waals surface area contributed by atoms with Crippen LogP contribution in [0.4, 0.5) is 0 Å². The van der Waals surface area contributed by atoms with Gasteiger partial charge < -0.3 is 10.2 Å². The number of hydrogen-bond donors (Lipinski definition) is 2. The molecule has 0 spiro atoms. The molecule has 3 aromatic carbocycles. The van der Waals surface area contributed by atoms with Crippen LogP contribution in [0.5, 0.6) is 11.5 Å². The molecule has 2 N–H and O–H groups in total. The number of hydrogen-bond acceptors (Lipinski definition) is 5. The summed E-state index contributed by atoms with van der Waals surface area (Å²) in [6, 6.07) is 26.0. The average Bonchev–Trinajstić information content (AvgIpc) is 2.83. The van der Waals surface area contributed by atoms with Crippen LogP contribution in [-0.4, -0.2) is 64.2 Å². The lowest BCUT2D eigenvalue weighted by atomic mass is 10.1. The van der Waals surface area contributed by atoms with Crippen LogP contribution in [0.2, 0.25) is 0 Å². The Labute approximate surface area is 197 Å². The molecule has 0 atom stereocenters. The molecule has 5 nitrogen and oxygen atoms in total. The average molecular weight is 446 g/mol. The Morgan fingerprint density at radius 2 is 0.909 bits per heavy atom. The second-order valence-electron chi connectivity index (χ2n) is 8.93. The van der Waals surface area contributed by atoms with Gasteiger partial charge in [0.15, 0.2) is 0 Å². The predicted octanol–water partition coefficient (Wildman–Crippen LogP) is 4.31. The second-order valence-corrected chi connectivity index (χ2v) is 8.93. The van der Waals surface area contributed by atoms with E-state index in [1.54, 1.807) is 12.1 Å². The van der Waals surface area contributed by atoms with E-state index in [1.807, 2.05) is 36.4 Å². The van der Waals surface area contributed by atoms with Crippen LogP contribution in [0.25, 0.3) is 0 Å². The molecular weight excluding hydrogens is 410 g/mol. The first-order chi connectivity index (χ1) is 16.2. The van der Waals surface area contributed by atoms with Crippen molar-refractivity contribution in [3.8, 4) is 11.5 Å². The fourth-order valence-corrected chi connectivity index (χ4v) is 4.51. The molecule has 4 rings (SSSR count). The summed E-state index contributed by atoms with van der Waals surface area (Å²) >= 11 is 0. The smallest absolute Gasteiger partial charge is 0.120 e. The Bertz CT molecular complexity index is 936. The number of aromatic hydroxyl groups is 2. The first-order valence-electron chi connectivity index (χ1n) is 11.9. The maximum absolute atomic E-state index is 10.3. The van der Waals surface area contributed by atoms with Crippen molar-refractivity contribution in [1.29, 1.82) is 0 Å². The first kappa shape index (κ1) is 23.3. The van der Waals surface area contributed by atoms with Gasteiger partial charge in [-0.1, -0.05) is 66.7 Å². The summed E-state index contributed by atoms with van der Waals surface area (Å²) in [5.74, 6) is 0.744. The lowest BCUT2D eigenvalue weighted by Crippen LogP contribution is -2.42. The number of benzene rings is 3. The van der Waals surface area contributed by atoms with E-state index in [0.29, 0.717) is 11.5 Å². The maximum Gasteiger partial charge on any atom is 0.120 e. The van der Waals surface area contributed by atoms with Gasteiger partial charge in [0.25, 0.3) is 0 Å². The minimum absolute atomic E-state index is 0.372. The molecule has 0 unspecified atom stereocenters. The highest BCUT2D eigenvalue weighted by Crippen LogP contribution is 2.20. The molecule has 33 heavy (non-hydrogen) atoms. The third-order valence-electron chi connectivity index (χ3n) is 6.43. The normalized spacial score (nSPS) is 17.1. The molecule has 1 fully saturated rings. The third-order valence-corrected chi connectivity index (χ3v) is 6.43. The Morgan fingerprint density at radius 3 is 1.39 bits per heavy atom. The van der Waals surface area contributed by atoms with Crippen molar-refractivity contribution in [3.05, 3.63) is 95.6 Å². The van der Waals surface area contributed by atoms with Crippen molar-refractivity contribution in [2.24, 2.45) is 0 Å². The molecule has 0 bridgehead atoms. The van der Waals surface area contributed by atoms with Gasteiger partial charge in [0.05, 0.1) is 0 Å². The van der Waals surface area contributed by atoms with Gasteiger partial charge in [-0.25, -0.2) is 0 Å². The standard InChI is InChI=1S/C28H35N3O2/c32-27-13-6-4-11-25(27)22-29-15-8-16-30(23-26-12-5-7-14-28(26)33)18-20-31(19-17-29)21-24-9-2-1-3-10-24/h1-7,9-14,32-33H,8,15-23H2. The van der Waals surface area contributed by atoms with E-state index in [9.17, 15) is 10.2 Å². The van der Waals surface area contributed by atoms with E-state index >= 15 is 0 Å². The molecular formula is C28H35N3O2. The van der Waals surface area contributed by atoms with Crippen molar-refractivity contribution >= 4 is 0 Å². The fraction of sp³-hybridized carbons (Fsp3) is 0.357. The van der Waals surface area contributed by atoms with Gasteiger partial charge in [0, 0.05) is 56.9 Å². The SMILES string of the molecule is Oc1ccccc1CN1CCCN(Cc2ccccc2O)CCN(Cc2ccccc2)CC1. The summed E-state index contributed by atoms with van der Waals surface area (Å²) in [6.07, 6.45) is 1.06. The number of rotatable bonds is 6. The molecule has 0 saturated carbocycles. The highest BCUT2D eigenvalue weighted by Gasteiger charge is 2.17. The summed E-state index contributed by atoms with van der Waals surface area (Å²) in [5, 5.41) is 20.6. The van der Waals surface area contributed by atoms with Crippen molar-refractivity contribution in [2.75, 3.05) is 39.3 Å². The second kappa shape index (κ2) is 11.8. The molecule has 1 aliphatic heterocycles. The quantitative estimate of drug-likeness (QED) is 0.592. The Balaban J connectivity index is 1.47. The van der Waals surface area contributed by atoms with Gasteiger partial charge in [0.2, 0.25) is 0 Å². The van der Waals surface area contributed by atoms with Gasteiger partial charge in [-0.3, -0.25) is 14.7 Å². The van der Waals surface area contributed by atoms with E-state index in [2.05, 4.69) is 45.0 Å². The summed E-state index contributed by atoms with van der Waals surface area (Å²) in [7, 11) is 0. The predicted molar refractivity (Wildman–Crippen MR) is 133 cm³/mol. The highest BCUT2D eigenvalue weighted by atomic mass is 16.3. The first-order valence-corrected chi connectivity index (χ1v) is 11.9. The lowest BCUT2D eigenvalue weighted by Gasteiger charge is -2.33. The van der Waals surface area contributed by atoms with E-state index in [0.717, 1.165) is 76.5 Å². The number of para-hydroxylation sites is 2. The molecule has 1 saturated heterocycles. The minimum atomic E-state index is 0.372. The summed E-state index contributed by atoms with van der Waals surface area (Å²) in [5.41, 5.74) is 3.29. The van der Waals surface area contributed by atoms with Crippen molar-refractivity contribution < 1.29 is 10.2 Å². The van der Waals surface area contributed by atoms with Crippen molar-refractivity contribution in [3.63, 3.8) is 0 Å². The zero-order valence-corrected chi connectivity index (χ0v) is 19.3. The van der Waals surface area contributed by atoms with E-state index in [-0.39, 0.29) is 0 Å². The van der Waals surface area contributed by atoms with Gasteiger partial charge in [-0.2, -0.15) is 0 Å². The molecule has 0 amide bonds. The lowest BCUT2D eigenvalue weighted by molar-refractivity contribution is 0.138. The van der Waals surface area contributed by atoms with Crippen LogP contribution >= 0.6 is 0 Å². The summed E-state index contributed by atoms with van der Waals surface area (Å²) < 4.78 is 0. The number of nitrogens with zero attached hydrogens (tertiary/aromatic N) is 3. The molecule has 0 aromatic heterocycles. The molecule has 174 valence electrons. The highest BCUT2D eigenvalue weighted by molar-refractivity contribution is 5.32. The monoisotopic (exact) mass is 445 g/mol. The van der Waals surface area contributed by atoms with Crippen LogP contribution in [-0.2, 0) is 19.6 Å². The topological polar surface area (TPSA) is 50.2 Å². The Morgan fingerprint density at radius 1 is 0.485 bits per heavy atom. The van der Waals surface area contributed by atoms with Gasteiger partial charge in [-0.05, 0) is 37.2 Å². The number of phenolic OH excluding ortho intramolecular Hbond substituents is 2. The van der Waals surface area contributed by atoms with Gasteiger partial charge in [-0.15, -0.1) is 0 Å². The van der Waals surface area contributed by atoms with E-state index < -0.39 is 0 Å². The molecule has 1 aliphatic rings. The molecule has 3 aromatic rings. The van der Waals surface area contributed by atoms with Crippen LogP contribution in [0.1, 0.15) is 23.1 Å². The van der Waals surface area contributed by atoms with Crippen LogP contribution in [0.15, 0.2) is 78.9 Å². The van der Waals surface area contributed by atoms with E-state index in [1.165, 1.54) is 5.56 Å². The molecule has 1 heterocycles. The van der Waals surface area contributed by atoms with Gasteiger partial charge in [0.1, 0.15) is 11.5 Å². The zero-order chi connectivity index (χ0) is 22.9. The largest absolute Gasteiger partial charge is 0.508 e. The zero-order valence-electron chi connectivity index (χ0n) is 19.3. The third kappa shape index (κ3) is 7.06. The maximum atomic E-state index is 10.3. The minimum Gasteiger partial charge on any atom is -0.508 e. The fourth-order valence-electron chi connectivity index (χ4n) is 4.51. The van der Waals surface area contributed by atoms with Crippen LogP contribution < -0.4 is 0 Å². The Hall–Kier alpha value is -2.86.